The normalized spacial score (nSPS) is 18.7. The van der Waals surface area contributed by atoms with Gasteiger partial charge in [0, 0.05) is 6.61 Å². The quantitative estimate of drug-likeness (QED) is 0.854. The summed E-state index contributed by atoms with van der Waals surface area (Å²) in [5.74, 6) is 1.20. The van der Waals surface area contributed by atoms with Gasteiger partial charge in [0.1, 0.15) is 0 Å². The molecule has 1 N–H and O–H groups in total. The first kappa shape index (κ1) is 14.6. The van der Waals surface area contributed by atoms with E-state index in [0.29, 0.717) is 12.5 Å². The van der Waals surface area contributed by atoms with Crippen LogP contribution in [0, 0.1) is 11.8 Å². The second kappa shape index (κ2) is 6.09. The van der Waals surface area contributed by atoms with Crippen LogP contribution < -0.4 is 0 Å². The van der Waals surface area contributed by atoms with Gasteiger partial charge in [0.05, 0.1) is 0 Å². The molecule has 106 valence electrons. The van der Waals surface area contributed by atoms with E-state index in [1.807, 2.05) is 0 Å². The van der Waals surface area contributed by atoms with Crippen LogP contribution >= 0.6 is 0 Å². The van der Waals surface area contributed by atoms with Crippen LogP contribution in [0.25, 0.3) is 0 Å². The van der Waals surface area contributed by atoms with E-state index in [0.717, 1.165) is 12.3 Å². The highest BCUT2D eigenvalue weighted by atomic mass is 16.3. The first-order chi connectivity index (χ1) is 9.00. The van der Waals surface area contributed by atoms with Crippen molar-refractivity contribution >= 4 is 0 Å². The van der Waals surface area contributed by atoms with Gasteiger partial charge in [-0.2, -0.15) is 0 Å². The van der Waals surface area contributed by atoms with Crippen molar-refractivity contribution in [1.82, 2.24) is 0 Å². The van der Waals surface area contributed by atoms with Gasteiger partial charge in [0.2, 0.25) is 0 Å². The van der Waals surface area contributed by atoms with Crippen LogP contribution in [0.15, 0.2) is 24.3 Å². The lowest BCUT2D eigenvalue weighted by molar-refractivity contribution is 0.175. The van der Waals surface area contributed by atoms with Crippen molar-refractivity contribution in [3.8, 4) is 0 Å². The number of aliphatic hydroxyl groups excluding tert-OH is 1. The molecule has 1 saturated carbocycles. The monoisotopic (exact) mass is 260 g/mol. The van der Waals surface area contributed by atoms with Crippen molar-refractivity contribution in [2.45, 2.75) is 58.3 Å². The Morgan fingerprint density at radius 2 is 1.68 bits per heavy atom. The highest BCUT2D eigenvalue weighted by molar-refractivity contribution is 5.27. The summed E-state index contributed by atoms with van der Waals surface area (Å²) in [6, 6.07) is 8.99. The Balaban J connectivity index is 2.01. The molecule has 1 nitrogen and oxygen atoms in total. The summed E-state index contributed by atoms with van der Waals surface area (Å²) in [6.45, 7) is 7.08. The topological polar surface area (TPSA) is 20.2 Å². The highest BCUT2D eigenvalue weighted by Crippen LogP contribution is 2.33. The zero-order valence-electron chi connectivity index (χ0n) is 12.7. The number of hydrogen-bond acceptors (Lipinski definition) is 1. The van der Waals surface area contributed by atoms with Crippen LogP contribution in [0.1, 0.15) is 57.6 Å². The van der Waals surface area contributed by atoms with Crippen molar-refractivity contribution in [3.05, 3.63) is 35.4 Å². The average molecular weight is 260 g/mol. The first-order valence-electron chi connectivity index (χ1n) is 7.71. The average Bonchev–Trinajstić information content (AvgIpc) is 2.89. The summed E-state index contributed by atoms with van der Waals surface area (Å²) in [5.41, 5.74) is 2.98. The van der Waals surface area contributed by atoms with Crippen molar-refractivity contribution in [2.24, 2.45) is 11.8 Å². The summed E-state index contributed by atoms with van der Waals surface area (Å²) in [5, 5.41) is 9.63. The third-order valence-electron chi connectivity index (χ3n) is 4.62. The van der Waals surface area contributed by atoms with Crippen LogP contribution in [0.4, 0.5) is 0 Å². The zero-order chi connectivity index (χ0) is 13.9. The van der Waals surface area contributed by atoms with Crippen LogP contribution in [0.3, 0.4) is 0 Å². The molecule has 1 aromatic carbocycles. The van der Waals surface area contributed by atoms with Crippen molar-refractivity contribution in [3.63, 3.8) is 0 Å². The SMILES string of the molecule is CC(C)(C)c1ccc(CC(CO)C2CCCC2)cc1. The van der Waals surface area contributed by atoms with Gasteiger partial charge in [-0.25, -0.2) is 0 Å². The molecule has 19 heavy (non-hydrogen) atoms. The molecule has 0 aromatic heterocycles. The van der Waals surface area contributed by atoms with Crippen molar-refractivity contribution < 1.29 is 5.11 Å². The molecule has 0 radical (unpaired) electrons. The Labute approximate surface area is 118 Å². The van der Waals surface area contributed by atoms with Gasteiger partial charge in [-0.05, 0) is 34.8 Å². The summed E-state index contributed by atoms with van der Waals surface area (Å²) in [7, 11) is 0. The van der Waals surface area contributed by atoms with Gasteiger partial charge in [0.25, 0.3) is 0 Å². The Bertz CT molecular complexity index is 379. The predicted molar refractivity (Wildman–Crippen MR) is 81.4 cm³/mol. The van der Waals surface area contributed by atoms with E-state index in [4.69, 9.17) is 0 Å². The molecule has 1 unspecified atom stereocenters. The number of aliphatic hydroxyl groups is 1. The Kier molecular flexibility index (Phi) is 4.67. The van der Waals surface area contributed by atoms with E-state index in [1.54, 1.807) is 0 Å². The van der Waals surface area contributed by atoms with E-state index < -0.39 is 0 Å². The van der Waals surface area contributed by atoms with E-state index in [9.17, 15) is 5.11 Å². The van der Waals surface area contributed by atoms with E-state index in [1.165, 1.54) is 36.8 Å². The lowest BCUT2D eigenvalue weighted by atomic mass is 9.84. The Morgan fingerprint density at radius 1 is 1.11 bits per heavy atom. The third-order valence-corrected chi connectivity index (χ3v) is 4.62. The van der Waals surface area contributed by atoms with Crippen LogP contribution in [-0.2, 0) is 11.8 Å². The van der Waals surface area contributed by atoms with Gasteiger partial charge in [-0.3, -0.25) is 0 Å². The summed E-state index contributed by atoms with van der Waals surface area (Å²) >= 11 is 0. The molecule has 1 fully saturated rings. The number of benzene rings is 1. The second-order valence-electron chi connectivity index (χ2n) is 7.14. The molecule has 1 aliphatic rings. The van der Waals surface area contributed by atoms with Crippen molar-refractivity contribution in [2.75, 3.05) is 6.61 Å². The molecular weight excluding hydrogens is 232 g/mol. The summed E-state index contributed by atoms with van der Waals surface area (Å²) in [4.78, 5) is 0. The predicted octanol–water partition coefficient (Wildman–Crippen LogP) is 4.33. The minimum Gasteiger partial charge on any atom is -0.396 e. The van der Waals surface area contributed by atoms with Crippen LogP contribution in [0.2, 0.25) is 0 Å². The molecular formula is C18H28O. The summed E-state index contributed by atoms with van der Waals surface area (Å²) in [6.07, 6.45) is 6.36. The number of rotatable bonds is 4. The molecule has 0 bridgehead atoms. The maximum Gasteiger partial charge on any atom is 0.0465 e. The molecule has 2 rings (SSSR count). The molecule has 0 aliphatic heterocycles. The highest BCUT2D eigenvalue weighted by Gasteiger charge is 2.24. The van der Waals surface area contributed by atoms with Crippen LogP contribution in [-0.4, -0.2) is 11.7 Å². The Morgan fingerprint density at radius 3 is 2.16 bits per heavy atom. The van der Waals surface area contributed by atoms with E-state index >= 15 is 0 Å². The van der Waals surface area contributed by atoms with Gasteiger partial charge < -0.3 is 5.11 Å². The second-order valence-corrected chi connectivity index (χ2v) is 7.14. The fraction of sp³-hybridized carbons (Fsp3) is 0.667. The van der Waals surface area contributed by atoms with E-state index in [2.05, 4.69) is 45.0 Å². The molecule has 0 saturated heterocycles. The standard InChI is InChI=1S/C18H28O/c1-18(2,3)17-10-8-14(9-11-17)12-16(13-19)15-6-4-5-7-15/h8-11,15-16,19H,4-7,12-13H2,1-3H3. The Hall–Kier alpha value is -0.820. The lowest BCUT2D eigenvalue weighted by Gasteiger charge is -2.22. The van der Waals surface area contributed by atoms with Crippen molar-refractivity contribution in [1.29, 1.82) is 0 Å². The van der Waals surface area contributed by atoms with Gasteiger partial charge >= 0.3 is 0 Å². The molecule has 1 heteroatoms. The molecule has 1 atom stereocenters. The zero-order valence-corrected chi connectivity index (χ0v) is 12.7. The maximum atomic E-state index is 9.63. The van der Waals surface area contributed by atoms with Crippen LogP contribution in [0.5, 0.6) is 0 Å². The van der Waals surface area contributed by atoms with Gasteiger partial charge in [0.15, 0.2) is 0 Å². The van der Waals surface area contributed by atoms with Gasteiger partial charge in [-0.15, -0.1) is 0 Å². The van der Waals surface area contributed by atoms with Gasteiger partial charge in [-0.1, -0.05) is 70.7 Å². The largest absolute Gasteiger partial charge is 0.396 e. The fourth-order valence-corrected chi connectivity index (χ4v) is 3.25. The molecule has 1 aliphatic carbocycles. The summed E-state index contributed by atoms with van der Waals surface area (Å²) < 4.78 is 0. The molecule has 1 aromatic rings. The fourth-order valence-electron chi connectivity index (χ4n) is 3.25. The lowest BCUT2D eigenvalue weighted by Crippen LogP contribution is -2.19. The maximum absolute atomic E-state index is 9.63. The number of hydrogen-bond donors (Lipinski definition) is 1. The van der Waals surface area contributed by atoms with E-state index in [-0.39, 0.29) is 5.41 Å². The first-order valence-corrected chi connectivity index (χ1v) is 7.71. The third kappa shape index (κ3) is 3.82. The smallest absolute Gasteiger partial charge is 0.0465 e. The molecule has 0 heterocycles. The molecule has 0 amide bonds. The minimum absolute atomic E-state index is 0.223. The molecule has 0 spiro atoms. The minimum atomic E-state index is 0.223.